The third kappa shape index (κ3) is 1.50. The van der Waals surface area contributed by atoms with Gasteiger partial charge in [0.15, 0.2) is 0 Å². The number of aryl methyl sites for hydroxylation is 1. The Morgan fingerprint density at radius 3 is 2.42 bits per heavy atom. The molecule has 0 saturated carbocycles. The Kier molecular flexibility index (Phi) is 2.52. The predicted molar refractivity (Wildman–Crippen MR) is 50.0 cm³/mol. The Hall–Kier alpha value is -0.830. The molecule has 3 heteroatoms. The maximum atomic E-state index is 5.80. The summed E-state index contributed by atoms with van der Waals surface area (Å²) in [5, 5.41) is 0. The molecule has 1 aromatic heterocycles. The Bertz CT molecular complexity index is 263. The molecule has 0 amide bonds. The number of nitrogens with zero attached hydrogens (tertiary/aromatic N) is 2. The first-order chi connectivity index (χ1) is 5.54. The lowest BCUT2D eigenvalue weighted by Gasteiger charge is -2.15. The van der Waals surface area contributed by atoms with Crippen molar-refractivity contribution >= 4 is 0 Å². The van der Waals surface area contributed by atoms with Gasteiger partial charge in [0.05, 0.1) is 0 Å². The van der Waals surface area contributed by atoms with Gasteiger partial charge in [0.1, 0.15) is 5.82 Å². The fourth-order valence-electron chi connectivity index (χ4n) is 1.21. The standard InChI is InChI=1S/C9H17N3/c1-6(7(2)10)9-5-11-8(3)12(9)4/h5-7H,10H2,1-4H3. The van der Waals surface area contributed by atoms with Crippen LogP contribution in [0, 0.1) is 6.92 Å². The van der Waals surface area contributed by atoms with Crippen LogP contribution in [0.4, 0.5) is 0 Å². The second kappa shape index (κ2) is 3.27. The number of hydrogen-bond acceptors (Lipinski definition) is 2. The Balaban J connectivity index is 2.95. The summed E-state index contributed by atoms with van der Waals surface area (Å²) in [4.78, 5) is 4.23. The average molecular weight is 167 g/mol. The number of rotatable bonds is 2. The normalized spacial score (nSPS) is 16.1. The van der Waals surface area contributed by atoms with Crippen LogP contribution in [0.2, 0.25) is 0 Å². The van der Waals surface area contributed by atoms with Crippen LogP contribution >= 0.6 is 0 Å². The van der Waals surface area contributed by atoms with Gasteiger partial charge in [-0.15, -0.1) is 0 Å². The first-order valence-electron chi connectivity index (χ1n) is 4.27. The summed E-state index contributed by atoms with van der Waals surface area (Å²) >= 11 is 0. The van der Waals surface area contributed by atoms with Crippen LogP contribution in [0.3, 0.4) is 0 Å². The molecule has 0 radical (unpaired) electrons. The molecule has 2 atom stereocenters. The molecule has 0 aliphatic carbocycles. The molecule has 12 heavy (non-hydrogen) atoms. The molecule has 0 aliphatic rings. The number of aromatic nitrogens is 2. The molecule has 0 fully saturated rings. The summed E-state index contributed by atoms with van der Waals surface area (Å²) in [5.74, 6) is 1.41. The van der Waals surface area contributed by atoms with Crippen LogP contribution in [-0.2, 0) is 7.05 Å². The summed E-state index contributed by atoms with van der Waals surface area (Å²) < 4.78 is 2.09. The fraction of sp³-hybridized carbons (Fsp3) is 0.667. The minimum absolute atomic E-state index is 0.180. The van der Waals surface area contributed by atoms with E-state index in [4.69, 9.17) is 5.73 Å². The molecule has 0 aromatic carbocycles. The zero-order valence-electron chi connectivity index (χ0n) is 8.20. The van der Waals surface area contributed by atoms with E-state index < -0.39 is 0 Å². The number of imidazole rings is 1. The SMILES string of the molecule is Cc1ncc(C(C)C(C)N)n1C. The summed E-state index contributed by atoms with van der Waals surface area (Å²) in [5.41, 5.74) is 7.02. The third-order valence-electron chi connectivity index (χ3n) is 2.51. The lowest BCUT2D eigenvalue weighted by atomic mass is 10.0. The van der Waals surface area contributed by atoms with Crippen LogP contribution in [0.5, 0.6) is 0 Å². The zero-order valence-corrected chi connectivity index (χ0v) is 8.20. The van der Waals surface area contributed by atoms with Crippen molar-refractivity contribution in [2.24, 2.45) is 12.8 Å². The summed E-state index contributed by atoms with van der Waals surface area (Å²) in [6.07, 6.45) is 1.91. The van der Waals surface area contributed by atoms with Crippen molar-refractivity contribution in [1.29, 1.82) is 0 Å². The summed E-state index contributed by atoms with van der Waals surface area (Å²) in [6.45, 7) is 6.14. The number of nitrogens with two attached hydrogens (primary N) is 1. The summed E-state index contributed by atoms with van der Waals surface area (Å²) in [7, 11) is 2.02. The van der Waals surface area contributed by atoms with Crippen LogP contribution in [0.15, 0.2) is 6.20 Å². The maximum Gasteiger partial charge on any atom is 0.105 e. The molecular weight excluding hydrogens is 150 g/mol. The molecule has 3 nitrogen and oxygen atoms in total. The van der Waals surface area contributed by atoms with Crippen molar-refractivity contribution in [2.75, 3.05) is 0 Å². The van der Waals surface area contributed by atoms with E-state index in [2.05, 4.69) is 16.5 Å². The number of hydrogen-bond donors (Lipinski definition) is 1. The Morgan fingerprint density at radius 1 is 1.50 bits per heavy atom. The average Bonchev–Trinajstić information content (AvgIpc) is 2.32. The zero-order chi connectivity index (χ0) is 9.30. The van der Waals surface area contributed by atoms with Gasteiger partial charge in [-0.05, 0) is 13.8 Å². The molecule has 0 aliphatic heterocycles. The molecule has 1 aromatic rings. The highest BCUT2D eigenvalue weighted by molar-refractivity contribution is 5.10. The van der Waals surface area contributed by atoms with E-state index in [0.29, 0.717) is 5.92 Å². The highest BCUT2D eigenvalue weighted by atomic mass is 15.1. The van der Waals surface area contributed by atoms with E-state index >= 15 is 0 Å². The van der Waals surface area contributed by atoms with Crippen LogP contribution in [-0.4, -0.2) is 15.6 Å². The van der Waals surface area contributed by atoms with Gasteiger partial charge >= 0.3 is 0 Å². The first kappa shape index (κ1) is 9.26. The molecule has 2 N–H and O–H groups in total. The van der Waals surface area contributed by atoms with Crippen molar-refractivity contribution in [1.82, 2.24) is 9.55 Å². The van der Waals surface area contributed by atoms with Crippen LogP contribution < -0.4 is 5.73 Å². The molecule has 68 valence electrons. The highest BCUT2D eigenvalue weighted by Crippen LogP contribution is 2.17. The van der Waals surface area contributed by atoms with Crippen molar-refractivity contribution in [3.63, 3.8) is 0 Å². The van der Waals surface area contributed by atoms with Crippen LogP contribution in [0.25, 0.3) is 0 Å². The second-order valence-corrected chi connectivity index (χ2v) is 3.44. The second-order valence-electron chi connectivity index (χ2n) is 3.44. The van der Waals surface area contributed by atoms with Gasteiger partial charge in [-0.25, -0.2) is 4.98 Å². The fourth-order valence-corrected chi connectivity index (χ4v) is 1.21. The van der Waals surface area contributed by atoms with Gasteiger partial charge in [-0.1, -0.05) is 6.92 Å². The molecule has 1 rings (SSSR count). The van der Waals surface area contributed by atoms with E-state index in [1.54, 1.807) is 0 Å². The minimum atomic E-state index is 0.180. The quantitative estimate of drug-likeness (QED) is 0.718. The van der Waals surface area contributed by atoms with Crippen molar-refractivity contribution in [3.05, 3.63) is 17.7 Å². The first-order valence-corrected chi connectivity index (χ1v) is 4.27. The van der Waals surface area contributed by atoms with E-state index in [-0.39, 0.29) is 6.04 Å². The third-order valence-corrected chi connectivity index (χ3v) is 2.51. The van der Waals surface area contributed by atoms with E-state index in [0.717, 1.165) is 5.82 Å². The molecule has 1 heterocycles. The lowest BCUT2D eigenvalue weighted by Crippen LogP contribution is -2.24. The topological polar surface area (TPSA) is 43.8 Å². The molecule has 0 bridgehead atoms. The molecule has 0 saturated heterocycles. The van der Waals surface area contributed by atoms with Gasteiger partial charge in [0, 0.05) is 30.9 Å². The molecular formula is C9H17N3. The van der Waals surface area contributed by atoms with Gasteiger partial charge < -0.3 is 10.3 Å². The highest BCUT2D eigenvalue weighted by Gasteiger charge is 2.14. The maximum absolute atomic E-state index is 5.80. The van der Waals surface area contributed by atoms with Crippen molar-refractivity contribution in [3.8, 4) is 0 Å². The van der Waals surface area contributed by atoms with Gasteiger partial charge in [-0.2, -0.15) is 0 Å². The van der Waals surface area contributed by atoms with E-state index in [1.807, 2.05) is 27.1 Å². The van der Waals surface area contributed by atoms with Gasteiger partial charge in [-0.3, -0.25) is 0 Å². The molecule has 2 unspecified atom stereocenters. The van der Waals surface area contributed by atoms with Gasteiger partial charge in [0.25, 0.3) is 0 Å². The van der Waals surface area contributed by atoms with Crippen molar-refractivity contribution < 1.29 is 0 Å². The van der Waals surface area contributed by atoms with E-state index in [1.165, 1.54) is 5.69 Å². The Labute approximate surface area is 73.6 Å². The molecule has 0 spiro atoms. The predicted octanol–water partition coefficient (Wildman–Crippen LogP) is 1.18. The van der Waals surface area contributed by atoms with E-state index in [9.17, 15) is 0 Å². The van der Waals surface area contributed by atoms with Gasteiger partial charge in [0.2, 0.25) is 0 Å². The smallest absolute Gasteiger partial charge is 0.105 e. The Morgan fingerprint density at radius 2 is 2.08 bits per heavy atom. The van der Waals surface area contributed by atoms with Crippen LogP contribution in [0.1, 0.15) is 31.3 Å². The van der Waals surface area contributed by atoms with Crippen molar-refractivity contribution in [2.45, 2.75) is 32.7 Å². The monoisotopic (exact) mass is 167 g/mol. The lowest BCUT2D eigenvalue weighted by molar-refractivity contribution is 0.575. The largest absolute Gasteiger partial charge is 0.335 e. The summed E-state index contributed by atoms with van der Waals surface area (Å²) in [6, 6.07) is 0.180. The minimum Gasteiger partial charge on any atom is -0.335 e.